The minimum absolute atomic E-state index is 0.0367. The Morgan fingerprint density at radius 1 is 1.02 bits per heavy atom. The molecule has 232 valence electrons. The number of thiophene rings is 1. The van der Waals surface area contributed by atoms with E-state index >= 15 is 0 Å². The van der Waals surface area contributed by atoms with Crippen LogP contribution in [0.1, 0.15) is 16.8 Å². The molecule has 3 aromatic heterocycles. The molecule has 0 unspecified atom stereocenters. The van der Waals surface area contributed by atoms with Gasteiger partial charge in [-0.15, -0.1) is 11.3 Å². The number of para-hydroxylation sites is 1. The van der Waals surface area contributed by atoms with Crippen LogP contribution in [0.3, 0.4) is 0 Å². The summed E-state index contributed by atoms with van der Waals surface area (Å²) in [5, 5.41) is 21.2. The van der Waals surface area contributed by atoms with E-state index in [9.17, 15) is 19.4 Å². The number of nitrogens with zero attached hydrogens (tertiary/aromatic N) is 4. The van der Waals surface area contributed by atoms with Gasteiger partial charge in [-0.3, -0.25) is 0 Å². The first kappa shape index (κ1) is 31.2. The fourth-order valence-electron chi connectivity index (χ4n) is 4.93. The van der Waals surface area contributed by atoms with E-state index in [2.05, 4.69) is 19.9 Å². The van der Waals surface area contributed by atoms with Crippen molar-refractivity contribution in [3.63, 3.8) is 0 Å². The Morgan fingerprint density at radius 2 is 1.80 bits per heavy atom. The summed E-state index contributed by atoms with van der Waals surface area (Å²) in [5.41, 5.74) is 3.65. The van der Waals surface area contributed by atoms with Crippen molar-refractivity contribution in [2.45, 2.75) is 26.1 Å². The lowest BCUT2D eigenvalue weighted by Gasteiger charge is -2.18. The molecule has 0 saturated carbocycles. The van der Waals surface area contributed by atoms with Crippen LogP contribution in [0.5, 0.6) is 17.4 Å². The van der Waals surface area contributed by atoms with E-state index in [0.717, 1.165) is 0 Å². The number of hydrogen-bond donors (Lipinski definition) is 2. The quantitative estimate of drug-likeness (QED) is 0.139. The van der Waals surface area contributed by atoms with E-state index in [4.69, 9.17) is 32.7 Å². The number of phenols is 1. The molecular weight excluding hydrogens is 654 g/mol. The lowest BCUT2D eigenvalue weighted by atomic mass is 9.96. The molecule has 0 aliphatic carbocycles. The number of hydrogen-bond acceptors (Lipinski definition) is 9. The summed E-state index contributed by atoms with van der Waals surface area (Å²) in [7, 11) is 0. The van der Waals surface area contributed by atoms with Crippen molar-refractivity contribution in [1.82, 2.24) is 19.9 Å². The zero-order valence-electron chi connectivity index (χ0n) is 23.9. The van der Waals surface area contributed by atoms with Crippen molar-refractivity contribution in [3.05, 3.63) is 112 Å². The minimum atomic E-state index is -1.37. The Bertz CT molecular complexity index is 2080. The summed E-state index contributed by atoms with van der Waals surface area (Å²) < 4.78 is 26.0. The predicted molar refractivity (Wildman–Crippen MR) is 173 cm³/mol. The molecule has 0 fully saturated rings. The van der Waals surface area contributed by atoms with E-state index < -0.39 is 17.9 Å². The van der Waals surface area contributed by atoms with Gasteiger partial charge in [-0.25, -0.2) is 29.1 Å². The summed E-state index contributed by atoms with van der Waals surface area (Å²) in [6.07, 6.45) is 1.38. The van der Waals surface area contributed by atoms with Crippen molar-refractivity contribution >= 4 is 50.7 Å². The fraction of sp³-hybridized carbons (Fsp3) is 0.121. The van der Waals surface area contributed by atoms with Crippen LogP contribution in [0.15, 0.2) is 79.3 Å². The number of halogens is 3. The monoisotopic (exact) mass is 676 g/mol. The minimum Gasteiger partial charge on any atom is -0.506 e. The molecule has 0 spiro atoms. The number of aromatic hydroxyl groups is 1. The largest absolute Gasteiger partial charge is 0.506 e. The summed E-state index contributed by atoms with van der Waals surface area (Å²) in [4.78, 5) is 30.6. The lowest BCUT2D eigenvalue weighted by Crippen LogP contribution is -2.30. The van der Waals surface area contributed by atoms with Gasteiger partial charge in [-0.05, 0) is 71.1 Å². The highest BCUT2D eigenvalue weighted by Gasteiger charge is 2.28. The number of carbonyl (C=O) groups is 1. The second-order valence-corrected chi connectivity index (χ2v) is 11.8. The highest BCUT2D eigenvalue weighted by atomic mass is 35.5. The van der Waals surface area contributed by atoms with Crippen molar-refractivity contribution in [3.8, 4) is 38.9 Å². The molecule has 0 saturated heterocycles. The third-order valence-electron chi connectivity index (χ3n) is 7.16. The normalized spacial score (nSPS) is 11.8. The standard InChI is InChI=1S/C33H23Cl2FN4O5S/c1-17-22(10-11-23(41)28(17)34)26-27-30(38-16-39-31(27)46-29(26)18-6-8-20(36)9-7-18)45-25(32(42)43)14-19-4-2-3-5-24(19)44-15-21-12-13-37-33(35)40-21/h2-13,16,25,41H,14-15H2,1H3,(H,42,43)/t25-/m1/s1. The Labute approximate surface area is 275 Å². The first-order valence-corrected chi connectivity index (χ1v) is 15.4. The van der Waals surface area contributed by atoms with Gasteiger partial charge in [-0.1, -0.05) is 48.0 Å². The number of fused-ring (bicyclic) bond motifs is 1. The first-order chi connectivity index (χ1) is 22.2. The van der Waals surface area contributed by atoms with Crippen LogP contribution in [-0.4, -0.2) is 42.2 Å². The maximum atomic E-state index is 13.9. The Kier molecular flexibility index (Phi) is 8.98. The molecule has 0 bridgehead atoms. The molecule has 46 heavy (non-hydrogen) atoms. The maximum Gasteiger partial charge on any atom is 0.345 e. The number of aliphatic carboxylic acids is 1. The Balaban J connectivity index is 1.41. The van der Waals surface area contributed by atoms with Gasteiger partial charge >= 0.3 is 5.97 Å². The number of ether oxygens (including phenoxy) is 2. The van der Waals surface area contributed by atoms with Gasteiger partial charge in [0, 0.05) is 23.1 Å². The van der Waals surface area contributed by atoms with Crippen molar-refractivity contribution in [1.29, 1.82) is 0 Å². The van der Waals surface area contributed by atoms with Crippen LogP contribution < -0.4 is 9.47 Å². The maximum absolute atomic E-state index is 13.9. The number of benzene rings is 3. The average Bonchev–Trinajstić information content (AvgIpc) is 3.43. The van der Waals surface area contributed by atoms with Crippen molar-refractivity contribution < 1.29 is 28.9 Å². The van der Waals surface area contributed by atoms with E-state index in [1.807, 2.05) is 0 Å². The number of rotatable bonds is 10. The summed E-state index contributed by atoms with van der Waals surface area (Å²) >= 11 is 13.7. The van der Waals surface area contributed by atoms with E-state index in [-0.39, 0.29) is 35.0 Å². The number of aromatic nitrogens is 4. The molecule has 13 heteroatoms. The molecule has 3 aromatic carbocycles. The van der Waals surface area contributed by atoms with Crippen LogP contribution >= 0.6 is 34.5 Å². The van der Waals surface area contributed by atoms with Gasteiger partial charge in [0.25, 0.3) is 0 Å². The second kappa shape index (κ2) is 13.3. The molecule has 0 aliphatic heterocycles. The second-order valence-electron chi connectivity index (χ2n) is 10.1. The summed E-state index contributed by atoms with van der Waals surface area (Å²) in [6.45, 7) is 1.84. The lowest BCUT2D eigenvalue weighted by molar-refractivity contribution is -0.145. The molecule has 0 aliphatic rings. The first-order valence-electron chi connectivity index (χ1n) is 13.8. The van der Waals surface area contributed by atoms with Crippen molar-refractivity contribution in [2.24, 2.45) is 0 Å². The Hall–Kier alpha value is -4.84. The van der Waals surface area contributed by atoms with Gasteiger partial charge in [0.05, 0.1) is 16.1 Å². The third-order valence-corrected chi connectivity index (χ3v) is 8.97. The molecule has 6 aromatic rings. The Morgan fingerprint density at radius 3 is 2.57 bits per heavy atom. The third kappa shape index (κ3) is 6.43. The van der Waals surface area contributed by atoms with Crippen LogP contribution in [-0.2, 0) is 17.8 Å². The van der Waals surface area contributed by atoms with Crippen LogP contribution in [0, 0.1) is 12.7 Å². The van der Waals surface area contributed by atoms with Gasteiger partial charge < -0.3 is 19.7 Å². The SMILES string of the molecule is Cc1c(-c2c(-c3ccc(F)cc3)sc3ncnc(O[C@H](Cc4ccccc4OCc4ccnc(Cl)n4)C(=O)O)c23)ccc(O)c1Cl. The van der Waals surface area contributed by atoms with Gasteiger partial charge in [0.2, 0.25) is 17.3 Å². The zero-order valence-corrected chi connectivity index (χ0v) is 26.3. The summed E-state index contributed by atoms with van der Waals surface area (Å²) in [5.74, 6) is -1.22. The molecule has 3 heterocycles. The van der Waals surface area contributed by atoms with Gasteiger partial charge in [0.15, 0.2) is 0 Å². The average molecular weight is 678 g/mol. The number of carboxylic acid groups (broad SMARTS) is 1. The topological polar surface area (TPSA) is 128 Å². The predicted octanol–water partition coefficient (Wildman–Crippen LogP) is 7.93. The van der Waals surface area contributed by atoms with Crippen molar-refractivity contribution in [2.75, 3.05) is 0 Å². The number of carboxylic acids is 1. The molecule has 6 rings (SSSR count). The molecule has 9 nitrogen and oxygen atoms in total. The van der Waals surface area contributed by atoms with Gasteiger partial charge in [-0.2, -0.15) is 0 Å². The molecule has 0 amide bonds. The molecule has 2 N–H and O–H groups in total. The smallest absolute Gasteiger partial charge is 0.345 e. The molecule has 1 atom stereocenters. The number of phenolic OH excluding ortho intramolecular Hbond substituents is 1. The van der Waals surface area contributed by atoms with Crippen LogP contribution in [0.25, 0.3) is 31.8 Å². The zero-order chi connectivity index (χ0) is 32.4. The highest BCUT2D eigenvalue weighted by Crippen LogP contribution is 2.49. The van der Waals surface area contributed by atoms with Crippen LogP contribution in [0.4, 0.5) is 4.39 Å². The molecule has 0 radical (unpaired) electrons. The van der Waals surface area contributed by atoms with Gasteiger partial charge in [0.1, 0.15) is 35.1 Å². The van der Waals surface area contributed by atoms with E-state index in [0.29, 0.717) is 54.4 Å². The summed E-state index contributed by atoms with van der Waals surface area (Å²) in [6, 6.07) is 17.8. The fourth-order valence-corrected chi connectivity index (χ4v) is 6.41. The van der Waals surface area contributed by atoms with E-state index in [1.54, 1.807) is 55.5 Å². The van der Waals surface area contributed by atoms with E-state index in [1.165, 1.54) is 42.1 Å². The molecular formula is C33H23Cl2FN4O5S. The highest BCUT2D eigenvalue weighted by molar-refractivity contribution is 7.22. The van der Waals surface area contributed by atoms with Crippen LogP contribution in [0.2, 0.25) is 10.3 Å².